The van der Waals surface area contributed by atoms with Crippen LogP contribution in [0.1, 0.15) is 12.1 Å². The number of β-amino-alcohol motifs (C(OH)–C–C–N with tert-alkyl or cyclic N) is 1. The van der Waals surface area contributed by atoms with Crippen LogP contribution >= 0.6 is 22.7 Å². The van der Waals surface area contributed by atoms with Crippen LogP contribution in [-0.4, -0.2) is 46.3 Å². The molecule has 1 atom stereocenters. The van der Waals surface area contributed by atoms with E-state index in [2.05, 4.69) is 31.7 Å². The van der Waals surface area contributed by atoms with Gasteiger partial charge in [0.1, 0.15) is 10.8 Å². The molecule has 130 valence electrons. The van der Waals surface area contributed by atoms with E-state index in [1.165, 1.54) is 4.88 Å². The summed E-state index contributed by atoms with van der Waals surface area (Å²) in [5.41, 5.74) is 1.02. The summed E-state index contributed by atoms with van der Waals surface area (Å²) in [5.74, 6) is 1.54. The van der Waals surface area contributed by atoms with Crippen LogP contribution in [0.3, 0.4) is 0 Å². The molecule has 0 saturated carbocycles. The van der Waals surface area contributed by atoms with Gasteiger partial charge in [-0.05, 0) is 23.9 Å². The minimum Gasteiger partial charge on any atom is -0.391 e. The highest BCUT2D eigenvalue weighted by molar-refractivity contribution is 7.20. The van der Waals surface area contributed by atoms with Crippen molar-refractivity contribution >= 4 is 34.4 Å². The van der Waals surface area contributed by atoms with Crippen LogP contribution in [0.15, 0.2) is 35.2 Å². The molecule has 1 fully saturated rings. The van der Waals surface area contributed by atoms with Gasteiger partial charge < -0.3 is 14.9 Å². The first-order chi connectivity index (χ1) is 12.2. The molecule has 6 nitrogen and oxygen atoms in total. The van der Waals surface area contributed by atoms with Crippen molar-refractivity contribution in [2.24, 2.45) is 0 Å². The number of hydrogen-bond acceptors (Lipinski definition) is 8. The molecule has 1 saturated heterocycles. The van der Waals surface area contributed by atoms with Gasteiger partial charge in [-0.1, -0.05) is 6.07 Å². The van der Waals surface area contributed by atoms with Crippen LogP contribution in [0, 0.1) is 0 Å². The van der Waals surface area contributed by atoms with Crippen molar-refractivity contribution in [3.05, 3.63) is 40.8 Å². The van der Waals surface area contributed by atoms with E-state index in [0.717, 1.165) is 29.5 Å². The van der Waals surface area contributed by atoms with Crippen molar-refractivity contribution in [3.63, 3.8) is 0 Å². The Balaban J connectivity index is 1.47. The van der Waals surface area contributed by atoms with Crippen molar-refractivity contribution in [2.75, 3.05) is 29.9 Å². The van der Waals surface area contributed by atoms with E-state index in [1.807, 2.05) is 24.1 Å². The zero-order valence-electron chi connectivity index (χ0n) is 13.9. The highest BCUT2D eigenvalue weighted by Crippen LogP contribution is 2.28. The Hall–Kier alpha value is -2.03. The topological polar surface area (TPSA) is 65.4 Å². The lowest BCUT2D eigenvalue weighted by Crippen LogP contribution is -2.24. The van der Waals surface area contributed by atoms with Crippen molar-refractivity contribution in [1.82, 2.24) is 15.0 Å². The molecule has 4 rings (SSSR count). The molecule has 0 unspecified atom stereocenters. The lowest BCUT2D eigenvalue weighted by Gasteiger charge is -2.20. The Kier molecular flexibility index (Phi) is 4.65. The minimum atomic E-state index is -0.262. The zero-order chi connectivity index (χ0) is 17.2. The summed E-state index contributed by atoms with van der Waals surface area (Å²) in [6, 6.07) is 6.03. The monoisotopic (exact) mass is 373 g/mol. The maximum absolute atomic E-state index is 9.71. The normalized spacial score (nSPS) is 17.2. The second-order valence-electron chi connectivity index (χ2n) is 6.08. The van der Waals surface area contributed by atoms with E-state index in [4.69, 9.17) is 4.98 Å². The van der Waals surface area contributed by atoms with Crippen LogP contribution in [0.25, 0.3) is 9.88 Å². The SMILES string of the molecule is CN(Cc1csc(-c2cccs2)n1)c1nccc(N2CC[C@@H](O)C2)n1. The molecule has 3 aromatic heterocycles. The Morgan fingerprint density at radius 3 is 3.00 bits per heavy atom. The smallest absolute Gasteiger partial charge is 0.227 e. The number of hydrogen-bond donors (Lipinski definition) is 1. The van der Waals surface area contributed by atoms with E-state index in [9.17, 15) is 5.11 Å². The molecule has 4 heterocycles. The molecule has 1 aliphatic heterocycles. The predicted molar refractivity (Wildman–Crippen MR) is 102 cm³/mol. The Bertz CT molecular complexity index is 835. The van der Waals surface area contributed by atoms with Gasteiger partial charge in [-0.3, -0.25) is 0 Å². The maximum Gasteiger partial charge on any atom is 0.227 e. The zero-order valence-corrected chi connectivity index (χ0v) is 15.5. The largest absolute Gasteiger partial charge is 0.391 e. The van der Waals surface area contributed by atoms with Gasteiger partial charge in [-0.25, -0.2) is 9.97 Å². The summed E-state index contributed by atoms with van der Waals surface area (Å²) >= 11 is 3.37. The summed E-state index contributed by atoms with van der Waals surface area (Å²) in [7, 11) is 1.97. The maximum atomic E-state index is 9.71. The average molecular weight is 374 g/mol. The molecule has 0 aliphatic carbocycles. The van der Waals surface area contributed by atoms with Gasteiger partial charge >= 0.3 is 0 Å². The van der Waals surface area contributed by atoms with Crippen LogP contribution < -0.4 is 9.80 Å². The summed E-state index contributed by atoms with van der Waals surface area (Å²) in [6.45, 7) is 2.13. The Labute approximate surface area is 154 Å². The summed E-state index contributed by atoms with van der Waals surface area (Å²) in [4.78, 5) is 19.1. The molecular formula is C17H19N5OS2. The van der Waals surface area contributed by atoms with Crippen LogP contribution in [-0.2, 0) is 6.54 Å². The number of aliphatic hydroxyl groups is 1. The molecule has 8 heteroatoms. The third-order valence-corrected chi connectivity index (χ3v) is 6.07. The molecule has 0 radical (unpaired) electrons. The van der Waals surface area contributed by atoms with Gasteiger partial charge in [0.25, 0.3) is 0 Å². The van der Waals surface area contributed by atoms with Crippen molar-refractivity contribution < 1.29 is 5.11 Å². The first-order valence-electron chi connectivity index (χ1n) is 8.14. The number of thiazole rings is 1. The van der Waals surface area contributed by atoms with E-state index < -0.39 is 0 Å². The minimum absolute atomic E-state index is 0.262. The molecular weight excluding hydrogens is 354 g/mol. The fourth-order valence-electron chi connectivity index (χ4n) is 2.86. The quantitative estimate of drug-likeness (QED) is 0.742. The second-order valence-corrected chi connectivity index (χ2v) is 7.89. The van der Waals surface area contributed by atoms with E-state index in [-0.39, 0.29) is 6.10 Å². The number of nitrogens with zero attached hydrogens (tertiary/aromatic N) is 5. The van der Waals surface area contributed by atoms with Gasteiger partial charge in [-0.15, -0.1) is 22.7 Å². The molecule has 0 bridgehead atoms. The van der Waals surface area contributed by atoms with Gasteiger partial charge in [0.2, 0.25) is 5.95 Å². The van der Waals surface area contributed by atoms with Gasteiger partial charge in [-0.2, -0.15) is 4.98 Å². The summed E-state index contributed by atoms with van der Waals surface area (Å²) in [6.07, 6.45) is 2.30. The lowest BCUT2D eigenvalue weighted by molar-refractivity contribution is 0.198. The van der Waals surface area contributed by atoms with Gasteiger partial charge in [0.05, 0.1) is 23.2 Å². The van der Waals surface area contributed by atoms with Crippen molar-refractivity contribution in [1.29, 1.82) is 0 Å². The molecule has 1 aliphatic rings. The first kappa shape index (κ1) is 16.4. The molecule has 0 aromatic carbocycles. The third kappa shape index (κ3) is 3.65. The third-order valence-electron chi connectivity index (χ3n) is 4.14. The van der Waals surface area contributed by atoms with E-state index in [0.29, 0.717) is 19.0 Å². The Morgan fingerprint density at radius 1 is 1.32 bits per heavy atom. The highest BCUT2D eigenvalue weighted by atomic mass is 32.1. The number of thiophene rings is 1. The average Bonchev–Trinajstić information content (AvgIpc) is 3.36. The molecule has 25 heavy (non-hydrogen) atoms. The van der Waals surface area contributed by atoms with Crippen LogP contribution in [0.2, 0.25) is 0 Å². The fourth-order valence-corrected chi connectivity index (χ4v) is 4.48. The Morgan fingerprint density at radius 2 is 2.24 bits per heavy atom. The van der Waals surface area contributed by atoms with Crippen LogP contribution in [0.4, 0.5) is 11.8 Å². The molecule has 1 N–H and O–H groups in total. The molecule has 0 amide bonds. The van der Waals surface area contributed by atoms with Gasteiger partial charge in [0.15, 0.2) is 0 Å². The molecule has 3 aromatic rings. The van der Waals surface area contributed by atoms with Gasteiger partial charge in [0, 0.05) is 31.7 Å². The van der Waals surface area contributed by atoms with Crippen LogP contribution in [0.5, 0.6) is 0 Å². The number of anilines is 2. The number of aromatic nitrogens is 3. The lowest BCUT2D eigenvalue weighted by atomic mass is 10.3. The second kappa shape index (κ2) is 7.07. The fraction of sp³-hybridized carbons (Fsp3) is 0.353. The van der Waals surface area contributed by atoms with E-state index >= 15 is 0 Å². The number of rotatable bonds is 5. The standard InChI is InChI=1S/C17H19N5OS2/c1-21(9-12-11-25-16(19-12)14-3-2-8-24-14)17-18-6-4-15(20-17)22-7-5-13(23)10-22/h2-4,6,8,11,13,23H,5,7,9-10H2,1H3/t13-/m1/s1. The van der Waals surface area contributed by atoms with Crippen molar-refractivity contribution in [2.45, 2.75) is 19.1 Å². The predicted octanol–water partition coefficient (Wildman–Crippen LogP) is 2.87. The summed E-state index contributed by atoms with van der Waals surface area (Å²) in [5, 5.41) is 14.9. The highest BCUT2D eigenvalue weighted by Gasteiger charge is 2.22. The molecule has 0 spiro atoms. The first-order valence-corrected chi connectivity index (χ1v) is 9.90. The van der Waals surface area contributed by atoms with E-state index in [1.54, 1.807) is 28.9 Å². The number of aliphatic hydroxyl groups excluding tert-OH is 1. The van der Waals surface area contributed by atoms with Crippen molar-refractivity contribution in [3.8, 4) is 9.88 Å². The summed E-state index contributed by atoms with van der Waals surface area (Å²) < 4.78 is 0.